The number of rotatable bonds is 9. The van der Waals surface area contributed by atoms with Crippen LogP contribution < -0.4 is 0 Å². The summed E-state index contributed by atoms with van der Waals surface area (Å²) in [5.74, 6) is -0.165. The van der Waals surface area contributed by atoms with E-state index in [-0.39, 0.29) is 23.9 Å². The molecular formula is C30H35N3O3S. The first kappa shape index (κ1) is 26.8. The second-order valence-electron chi connectivity index (χ2n) is 9.57. The number of carbonyl (C=O) groups excluding carboxylic acids is 1. The number of hydrogen-bond acceptors (Lipinski definition) is 4. The molecule has 3 aromatic rings. The molecule has 0 bridgehead atoms. The van der Waals surface area contributed by atoms with Crippen LogP contribution in [0.15, 0.2) is 89.8 Å². The number of benzene rings is 3. The van der Waals surface area contributed by atoms with Gasteiger partial charge in [-0.1, -0.05) is 90.0 Å². The van der Waals surface area contributed by atoms with E-state index >= 15 is 0 Å². The molecular weight excluding hydrogens is 482 g/mol. The van der Waals surface area contributed by atoms with Crippen molar-refractivity contribution >= 4 is 22.0 Å². The third-order valence-corrected chi connectivity index (χ3v) is 8.45. The van der Waals surface area contributed by atoms with Crippen LogP contribution in [0.4, 0.5) is 0 Å². The van der Waals surface area contributed by atoms with Crippen LogP contribution in [0.5, 0.6) is 0 Å². The fraction of sp³-hybridized carbons (Fsp3) is 0.300. The maximum atomic E-state index is 13.6. The van der Waals surface area contributed by atoms with Crippen molar-refractivity contribution < 1.29 is 13.2 Å². The number of nitrogens with zero attached hydrogens (tertiary/aromatic N) is 3. The zero-order valence-corrected chi connectivity index (χ0v) is 22.4. The van der Waals surface area contributed by atoms with Crippen LogP contribution in [0, 0.1) is 13.8 Å². The second kappa shape index (κ2) is 12.3. The summed E-state index contributed by atoms with van der Waals surface area (Å²) < 4.78 is 28.4. The highest BCUT2D eigenvalue weighted by atomic mass is 32.2. The lowest BCUT2D eigenvalue weighted by molar-refractivity contribution is -0.133. The molecule has 3 aromatic carbocycles. The SMILES string of the molecule is Cc1ccc(CN(CC(=O)N2CCN(C/C=C/c3ccccc3)CC2)S(=O)(=O)c2ccc(C)cc2)cc1. The van der Waals surface area contributed by atoms with E-state index in [4.69, 9.17) is 0 Å². The lowest BCUT2D eigenvalue weighted by Crippen LogP contribution is -2.51. The summed E-state index contributed by atoms with van der Waals surface area (Å²) in [5.41, 5.74) is 4.10. The third kappa shape index (κ3) is 7.38. The Kier molecular flexibility index (Phi) is 8.92. The summed E-state index contributed by atoms with van der Waals surface area (Å²) in [4.78, 5) is 17.6. The smallest absolute Gasteiger partial charge is 0.243 e. The van der Waals surface area contributed by atoms with Gasteiger partial charge in [-0.3, -0.25) is 9.69 Å². The molecule has 0 aliphatic carbocycles. The van der Waals surface area contributed by atoms with Crippen molar-refractivity contribution in [3.8, 4) is 0 Å². The highest BCUT2D eigenvalue weighted by molar-refractivity contribution is 7.89. The summed E-state index contributed by atoms with van der Waals surface area (Å²) in [6, 6.07) is 24.7. The molecule has 1 heterocycles. The molecule has 1 saturated heterocycles. The molecule has 1 aliphatic rings. The van der Waals surface area contributed by atoms with Gasteiger partial charge in [-0.15, -0.1) is 0 Å². The lowest BCUT2D eigenvalue weighted by atomic mass is 10.1. The number of sulfonamides is 1. The summed E-state index contributed by atoms with van der Waals surface area (Å²) >= 11 is 0. The van der Waals surface area contributed by atoms with E-state index in [1.165, 1.54) is 9.87 Å². The van der Waals surface area contributed by atoms with E-state index in [0.29, 0.717) is 13.1 Å². The minimum Gasteiger partial charge on any atom is -0.339 e. The largest absolute Gasteiger partial charge is 0.339 e. The van der Waals surface area contributed by atoms with Crippen LogP contribution in [0.2, 0.25) is 0 Å². The van der Waals surface area contributed by atoms with Crippen LogP contribution >= 0.6 is 0 Å². The van der Waals surface area contributed by atoms with E-state index in [1.807, 2.05) is 56.3 Å². The second-order valence-corrected chi connectivity index (χ2v) is 11.5. The first-order chi connectivity index (χ1) is 17.8. The molecule has 194 valence electrons. The molecule has 6 nitrogen and oxygen atoms in total. The van der Waals surface area contributed by atoms with Crippen molar-refractivity contribution in [2.45, 2.75) is 25.3 Å². The molecule has 4 rings (SSSR count). The van der Waals surface area contributed by atoms with E-state index in [2.05, 4.69) is 29.2 Å². The molecule has 0 atom stereocenters. The van der Waals surface area contributed by atoms with Crippen molar-refractivity contribution in [3.63, 3.8) is 0 Å². The van der Waals surface area contributed by atoms with E-state index < -0.39 is 10.0 Å². The van der Waals surface area contributed by atoms with Gasteiger partial charge in [0.1, 0.15) is 0 Å². The Hall–Kier alpha value is -3.26. The maximum absolute atomic E-state index is 13.6. The van der Waals surface area contributed by atoms with Crippen molar-refractivity contribution in [2.24, 2.45) is 0 Å². The third-order valence-electron chi connectivity index (χ3n) is 6.65. The van der Waals surface area contributed by atoms with Gasteiger partial charge in [-0.2, -0.15) is 4.31 Å². The molecule has 0 aromatic heterocycles. The predicted molar refractivity (Wildman–Crippen MR) is 148 cm³/mol. The van der Waals surface area contributed by atoms with Gasteiger partial charge in [-0.25, -0.2) is 8.42 Å². The van der Waals surface area contributed by atoms with Gasteiger partial charge in [0, 0.05) is 39.3 Å². The molecule has 37 heavy (non-hydrogen) atoms. The van der Waals surface area contributed by atoms with Crippen molar-refractivity contribution in [1.29, 1.82) is 0 Å². The average molecular weight is 518 g/mol. The van der Waals surface area contributed by atoms with Gasteiger partial charge in [0.2, 0.25) is 15.9 Å². The van der Waals surface area contributed by atoms with Crippen LogP contribution in [-0.2, 0) is 21.4 Å². The van der Waals surface area contributed by atoms with Crippen LogP contribution in [0.25, 0.3) is 6.08 Å². The lowest BCUT2D eigenvalue weighted by Gasteiger charge is -2.35. The van der Waals surface area contributed by atoms with Crippen LogP contribution in [0.1, 0.15) is 22.3 Å². The predicted octanol–water partition coefficient (Wildman–Crippen LogP) is 4.35. The highest BCUT2D eigenvalue weighted by Crippen LogP contribution is 2.20. The van der Waals surface area contributed by atoms with Gasteiger partial charge in [-0.05, 0) is 37.1 Å². The monoisotopic (exact) mass is 517 g/mol. The molecule has 0 unspecified atom stereocenters. The number of hydrogen-bond donors (Lipinski definition) is 0. The summed E-state index contributed by atoms with van der Waals surface area (Å²) in [6.45, 7) is 7.37. The minimum absolute atomic E-state index is 0.145. The Morgan fingerprint density at radius 3 is 2.05 bits per heavy atom. The average Bonchev–Trinajstić information content (AvgIpc) is 2.91. The Morgan fingerprint density at radius 2 is 1.43 bits per heavy atom. The Balaban J connectivity index is 1.40. The van der Waals surface area contributed by atoms with Gasteiger partial charge in [0.25, 0.3) is 0 Å². The highest BCUT2D eigenvalue weighted by Gasteiger charge is 2.30. The van der Waals surface area contributed by atoms with Crippen LogP contribution in [0.3, 0.4) is 0 Å². The van der Waals surface area contributed by atoms with Crippen molar-refractivity contribution in [2.75, 3.05) is 39.3 Å². The minimum atomic E-state index is -3.84. The molecule has 0 saturated carbocycles. The Bertz CT molecular complexity index is 1300. The molecule has 1 fully saturated rings. The first-order valence-electron chi connectivity index (χ1n) is 12.7. The van der Waals surface area contributed by atoms with E-state index in [1.54, 1.807) is 29.2 Å². The van der Waals surface area contributed by atoms with Crippen molar-refractivity contribution in [1.82, 2.24) is 14.1 Å². The van der Waals surface area contributed by atoms with Crippen molar-refractivity contribution in [3.05, 3.63) is 107 Å². The summed E-state index contributed by atoms with van der Waals surface area (Å²) in [7, 11) is -3.84. The molecule has 7 heteroatoms. The molecule has 1 aliphatic heterocycles. The summed E-state index contributed by atoms with van der Waals surface area (Å²) in [6.07, 6.45) is 4.25. The number of aryl methyl sites for hydroxylation is 2. The zero-order chi connectivity index (χ0) is 26.3. The molecule has 0 spiro atoms. The van der Waals surface area contributed by atoms with Gasteiger partial charge in [0.05, 0.1) is 11.4 Å². The topological polar surface area (TPSA) is 60.9 Å². The van der Waals surface area contributed by atoms with E-state index in [9.17, 15) is 13.2 Å². The number of amides is 1. The number of piperazine rings is 1. The zero-order valence-electron chi connectivity index (χ0n) is 21.6. The quantitative estimate of drug-likeness (QED) is 0.423. The Labute approximate surface area is 220 Å². The normalized spacial score (nSPS) is 14.9. The molecule has 0 N–H and O–H groups in total. The molecule has 0 radical (unpaired) electrons. The fourth-order valence-corrected chi connectivity index (χ4v) is 5.69. The summed E-state index contributed by atoms with van der Waals surface area (Å²) in [5, 5.41) is 0. The first-order valence-corrected chi connectivity index (χ1v) is 14.1. The maximum Gasteiger partial charge on any atom is 0.243 e. The van der Waals surface area contributed by atoms with E-state index in [0.717, 1.165) is 36.3 Å². The van der Waals surface area contributed by atoms with Gasteiger partial charge < -0.3 is 4.90 Å². The van der Waals surface area contributed by atoms with Gasteiger partial charge >= 0.3 is 0 Å². The molecule has 1 amide bonds. The Morgan fingerprint density at radius 1 is 0.838 bits per heavy atom. The van der Waals surface area contributed by atoms with Gasteiger partial charge in [0.15, 0.2) is 0 Å². The van der Waals surface area contributed by atoms with Crippen LogP contribution in [-0.4, -0.2) is 67.7 Å². The fourth-order valence-electron chi connectivity index (χ4n) is 4.32. The standard InChI is InChI=1S/C30H35N3O3S/c1-25-10-14-28(15-11-25)23-33(37(35,36)29-16-12-26(2)13-17-29)24-30(34)32-21-19-31(20-22-32)18-6-9-27-7-4-3-5-8-27/h3-17H,18-24H2,1-2H3/b9-6+. The number of carbonyl (C=O) groups is 1.